The van der Waals surface area contributed by atoms with Gasteiger partial charge in [-0.2, -0.15) is 0 Å². The highest BCUT2D eigenvalue weighted by molar-refractivity contribution is 6.01. The van der Waals surface area contributed by atoms with Crippen molar-refractivity contribution in [1.29, 1.82) is 0 Å². The molecule has 0 saturated heterocycles. The van der Waals surface area contributed by atoms with Crippen LogP contribution in [0.4, 0.5) is 5.69 Å². The fourth-order valence-corrected chi connectivity index (χ4v) is 3.57. The molecule has 3 heterocycles. The summed E-state index contributed by atoms with van der Waals surface area (Å²) in [6.45, 7) is 0.562. The Morgan fingerprint density at radius 2 is 2.03 bits per heavy atom. The molecule has 150 valence electrons. The molecule has 1 N–H and O–H groups in total. The number of aryl methyl sites for hydroxylation is 2. The van der Waals surface area contributed by atoms with E-state index in [2.05, 4.69) is 15.3 Å². The van der Waals surface area contributed by atoms with Crippen molar-refractivity contribution < 1.29 is 14.3 Å². The van der Waals surface area contributed by atoms with E-state index in [1.54, 1.807) is 24.3 Å². The number of rotatable bonds is 4. The number of hydrogen-bond acceptors (Lipinski definition) is 6. The van der Waals surface area contributed by atoms with E-state index in [9.17, 15) is 14.4 Å². The molecule has 0 saturated carbocycles. The van der Waals surface area contributed by atoms with E-state index < -0.39 is 11.9 Å². The SMILES string of the molecule is COC(=O)c1ccccc1NC(=O)Cn1cnc2c(nc3n2CCCCC3)c1=O. The number of esters is 1. The fourth-order valence-electron chi connectivity index (χ4n) is 3.57. The Hall–Kier alpha value is -3.49. The Bertz CT molecular complexity index is 1150. The van der Waals surface area contributed by atoms with E-state index in [4.69, 9.17) is 4.74 Å². The van der Waals surface area contributed by atoms with Crippen molar-refractivity contribution in [3.05, 3.63) is 52.3 Å². The number of ether oxygens (including phenoxy) is 1. The Labute approximate surface area is 166 Å². The lowest BCUT2D eigenvalue weighted by Gasteiger charge is -2.10. The summed E-state index contributed by atoms with van der Waals surface area (Å²) in [5.41, 5.74) is 1.06. The first-order chi connectivity index (χ1) is 14.1. The van der Waals surface area contributed by atoms with E-state index in [0.717, 1.165) is 38.1 Å². The molecule has 0 unspecified atom stereocenters. The summed E-state index contributed by atoms with van der Waals surface area (Å²) in [4.78, 5) is 46.1. The van der Waals surface area contributed by atoms with Crippen LogP contribution < -0.4 is 10.9 Å². The van der Waals surface area contributed by atoms with E-state index in [1.165, 1.54) is 18.0 Å². The average Bonchev–Trinajstić information content (AvgIpc) is 2.91. The Kier molecular flexibility index (Phi) is 5.11. The van der Waals surface area contributed by atoms with Crippen molar-refractivity contribution in [2.75, 3.05) is 12.4 Å². The molecule has 29 heavy (non-hydrogen) atoms. The number of carbonyl (C=O) groups excluding carboxylic acids is 2. The van der Waals surface area contributed by atoms with E-state index in [0.29, 0.717) is 11.3 Å². The number of hydrogen-bond donors (Lipinski definition) is 1. The van der Waals surface area contributed by atoms with Gasteiger partial charge in [0.25, 0.3) is 5.56 Å². The number of fused-ring (bicyclic) bond motifs is 3. The largest absolute Gasteiger partial charge is 0.465 e. The molecule has 0 spiro atoms. The van der Waals surface area contributed by atoms with Crippen molar-refractivity contribution >= 4 is 28.7 Å². The summed E-state index contributed by atoms with van der Waals surface area (Å²) in [6, 6.07) is 6.52. The summed E-state index contributed by atoms with van der Waals surface area (Å²) in [7, 11) is 1.27. The van der Waals surface area contributed by atoms with Crippen LogP contribution in [0.15, 0.2) is 35.4 Å². The molecule has 0 radical (unpaired) electrons. The van der Waals surface area contributed by atoms with E-state index >= 15 is 0 Å². The Balaban J connectivity index is 1.59. The molecule has 1 aliphatic rings. The molecule has 1 aromatic carbocycles. The lowest BCUT2D eigenvalue weighted by molar-refractivity contribution is -0.116. The van der Waals surface area contributed by atoms with Crippen LogP contribution in [0.5, 0.6) is 0 Å². The third kappa shape index (κ3) is 3.63. The quantitative estimate of drug-likeness (QED) is 0.674. The number of aromatic nitrogens is 4. The summed E-state index contributed by atoms with van der Waals surface area (Å²) >= 11 is 0. The van der Waals surface area contributed by atoms with E-state index in [-0.39, 0.29) is 23.2 Å². The van der Waals surface area contributed by atoms with Crippen molar-refractivity contribution in [2.45, 2.75) is 38.8 Å². The van der Waals surface area contributed by atoms with Crippen molar-refractivity contribution in [3.63, 3.8) is 0 Å². The van der Waals surface area contributed by atoms with Gasteiger partial charge in [-0.1, -0.05) is 18.6 Å². The summed E-state index contributed by atoms with van der Waals surface area (Å²) in [6.07, 6.45) is 5.40. The minimum absolute atomic E-state index is 0.237. The van der Waals surface area contributed by atoms with Gasteiger partial charge in [-0.25, -0.2) is 14.8 Å². The summed E-state index contributed by atoms with van der Waals surface area (Å²) < 4.78 is 7.96. The summed E-state index contributed by atoms with van der Waals surface area (Å²) in [5, 5.41) is 2.65. The maximum absolute atomic E-state index is 12.8. The van der Waals surface area contributed by atoms with Crippen LogP contribution in [0.3, 0.4) is 0 Å². The first kappa shape index (κ1) is 18.9. The second-order valence-corrected chi connectivity index (χ2v) is 6.93. The first-order valence-corrected chi connectivity index (χ1v) is 9.50. The average molecular weight is 395 g/mol. The highest BCUT2D eigenvalue weighted by Gasteiger charge is 2.19. The fraction of sp³-hybridized carbons (Fsp3) is 0.350. The highest BCUT2D eigenvalue weighted by Crippen LogP contribution is 2.19. The van der Waals surface area contributed by atoms with Crippen LogP contribution in [0.1, 0.15) is 35.4 Å². The minimum Gasteiger partial charge on any atom is -0.465 e. The van der Waals surface area contributed by atoms with Crippen molar-refractivity contribution in [3.8, 4) is 0 Å². The number of carbonyl (C=O) groups is 2. The van der Waals surface area contributed by atoms with Gasteiger partial charge in [0.2, 0.25) is 5.91 Å². The van der Waals surface area contributed by atoms with E-state index in [1.807, 2.05) is 4.57 Å². The number of methoxy groups -OCH3 is 1. The Morgan fingerprint density at radius 3 is 2.86 bits per heavy atom. The van der Waals surface area contributed by atoms with Crippen LogP contribution in [0.25, 0.3) is 11.2 Å². The maximum Gasteiger partial charge on any atom is 0.339 e. The maximum atomic E-state index is 12.8. The lowest BCUT2D eigenvalue weighted by Crippen LogP contribution is -2.28. The predicted molar refractivity (Wildman–Crippen MR) is 106 cm³/mol. The number of anilines is 1. The minimum atomic E-state index is -0.555. The number of nitrogens with one attached hydrogen (secondary N) is 1. The molecule has 0 aliphatic carbocycles. The number of nitrogens with zero attached hydrogens (tertiary/aromatic N) is 4. The first-order valence-electron chi connectivity index (χ1n) is 9.50. The third-order valence-corrected chi connectivity index (χ3v) is 5.01. The summed E-state index contributed by atoms with van der Waals surface area (Å²) in [5.74, 6) is -0.137. The smallest absolute Gasteiger partial charge is 0.339 e. The molecule has 9 heteroatoms. The number of benzene rings is 1. The van der Waals surface area contributed by atoms with Crippen LogP contribution in [0.2, 0.25) is 0 Å². The van der Waals surface area contributed by atoms with Gasteiger partial charge in [0.1, 0.15) is 18.7 Å². The molecule has 1 aliphatic heterocycles. The molecule has 0 atom stereocenters. The van der Waals surface area contributed by atoms with Crippen molar-refractivity contribution in [1.82, 2.24) is 19.1 Å². The van der Waals surface area contributed by atoms with Crippen LogP contribution in [-0.2, 0) is 29.0 Å². The highest BCUT2D eigenvalue weighted by atomic mass is 16.5. The number of amides is 1. The van der Waals surface area contributed by atoms with Crippen LogP contribution in [0, 0.1) is 0 Å². The van der Waals surface area contributed by atoms with Gasteiger partial charge in [-0.15, -0.1) is 0 Å². The van der Waals surface area contributed by atoms with Crippen LogP contribution in [-0.4, -0.2) is 38.1 Å². The zero-order chi connectivity index (χ0) is 20.4. The standard InChI is InChI=1S/C20H21N5O4/c1-29-20(28)13-7-4-5-8-14(13)22-16(26)11-24-12-21-18-17(19(24)27)23-15-9-3-2-6-10-25(15)18/h4-5,7-8,12H,2-3,6,9-11H2,1H3,(H,22,26). The van der Waals surface area contributed by atoms with Gasteiger partial charge in [0.05, 0.1) is 18.4 Å². The second-order valence-electron chi connectivity index (χ2n) is 6.93. The van der Waals surface area contributed by atoms with Gasteiger partial charge < -0.3 is 14.6 Å². The molecule has 1 amide bonds. The molecule has 0 fully saturated rings. The molecule has 2 aromatic heterocycles. The molecular weight excluding hydrogens is 374 g/mol. The monoisotopic (exact) mass is 395 g/mol. The molecule has 0 bridgehead atoms. The molecule has 3 aromatic rings. The van der Waals surface area contributed by atoms with Gasteiger partial charge in [-0.3, -0.25) is 14.2 Å². The number of imidazole rings is 1. The topological polar surface area (TPSA) is 108 Å². The molecule has 9 nitrogen and oxygen atoms in total. The second kappa shape index (κ2) is 7.86. The predicted octanol–water partition coefficient (Wildman–Crippen LogP) is 1.74. The van der Waals surface area contributed by atoms with Crippen LogP contribution >= 0.6 is 0 Å². The number of para-hydroxylation sites is 1. The van der Waals surface area contributed by atoms with Crippen molar-refractivity contribution in [2.24, 2.45) is 0 Å². The molecule has 4 rings (SSSR count). The molecular formula is C20H21N5O4. The Morgan fingerprint density at radius 1 is 1.21 bits per heavy atom. The van der Waals surface area contributed by atoms with Gasteiger partial charge in [-0.05, 0) is 25.0 Å². The van der Waals surface area contributed by atoms with Gasteiger partial charge >= 0.3 is 5.97 Å². The lowest BCUT2D eigenvalue weighted by atomic mass is 10.2. The zero-order valence-corrected chi connectivity index (χ0v) is 16.1. The third-order valence-electron chi connectivity index (χ3n) is 5.01. The normalized spacial score (nSPS) is 13.6. The zero-order valence-electron chi connectivity index (χ0n) is 16.1. The van der Waals surface area contributed by atoms with Gasteiger partial charge in [0.15, 0.2) is 11.2 Å². The van der Waals surface area contributed by atoms with Gasteiger partial charge in [0, 0.05) is 13.0 Å².